The smallest absolute Gasteiger partial charge is 0.187 e. The molecule has 22 saturated heterocycles. The minimum Gasteiger partial charge on any atom is -0.394 e. The number of aliphatic hydroxyl groups excluding tert-OH is 17. The average Bonchev–Trinajstić information content (AvgIpc) is 3.29. The predicted molar refractivity (Wildman–Crippen MR) is 190 cm³/mol. The molecule has 0 radical (unpaired) electrons. The van der Waals surface area contributed by atoms with E-state index in [9.17, 15) is 86.8 Å². The summed E-state index contributed by atoms with van der Waals surface area (Å²) in [4.78, 5) is 0. The van der Waals surface area contributed by atoms with E-state index >= 15 is 0 Å². The van der Waals surface area contributed by atoms with Crippen molar-refractivity contribution in [2.75, 3.05) is 39.6 Å². The van der Waals surface area contributed by atoms with Gasteiger partial charge in [-0.3, -0.25) is 0 Å². The molecule has 64 heavy (non-hydrogen) atoms. The average molecular weight is 943 g/mol. The fourth-order valence-corrected chi connectivity index (χ4v) is 8.62. The highest BCUT2D eigenvalue weighted by atomic mass is 16.8. The summed E-state index contributed by atoms with van der Waals surface area (Å²) in [6.45, 7) is -5.47. The second-order valence-corrected chi connectivity index (χ2v) is 16.4. The fourth-order valence-electron chi connectivity index (χ4n) is 8.62. The van der Waals surface area contributed by atoms with Crippen molar-refractivity contribution < 1.29 is 144 Å². The standard InChI is InChI=1S/C35H58O29/c36-1-7-25-15(43)21(49)32(55-7)62-27-9(3-38)57-34(23(51)17(27)45)64-29-11(5-40)58-35(24(52)18(29)46)63-28-10(4-39)56-33(22(50)16(28)44)61-26-8(2-37)54-31(20(48)14(26)42)59-12-6-53-30(60-25)19(47)13(12)41/h7-52H,1-6H2. The summed E-state index contributed by atoms with van der Waals surface area (Å²) in [6, 6.07) is 0. The Labute approximate surface area is 361 Å². The quantitative estimate of drug-likeness (QED) is 0.122. The fraction of sp³-hybridized carbons (Fsp3) is 1.00. The minimum atomic E-state index is -2.13. The maximum absolute atomic E-state index is 11.2. The van der Waals surface area contributed by atoms with Gasteiger partial charge in [0.15, 0.2) is 37.7 Å². The summed E-state index contributed by atoms with van der Waals surface area (Å²) in [5.41, 5.74) is 0. The van der Waals surface area contributed by atoms with Crippen LogP contribution in [0.3, 0.4) is 0 Å². The van der Waals surface area contributed by atoms with Gasteiger partial charge in [-0.05, 0) is 0 Å². The second kappa shape index (κ2) is 21.2. The van der Waals surface area contributed by atoms with Gasteiger partial charge in [0, 0.05) is 0 Å². The highest BCUT2D eigenvalue weighted by Crippen LogP contribution is 2.37. The van der Waals surface area contributed by atoms with Crippen LogP contribution in [0.1, 0.15) is 0 Å². The molecule has 0 aromatic carbocycles. The molecule has 29 nitrogen and oxygen atoms in total. The normalized spacial score (nSPS) is 55.5. The van der Waals surface area contributed by atoms with Gasteiger partial charge in [-0.25, -0.2) is 0 Å². The molecule has 0 aromatic heterocycles. The molecule has 0 saturated carbocycles. The third-order valence-electron chi connectivity index (χ3n) is 12.3. The highest BCUT2D eigenvalue weighted by molar-refractivity contribution is 5.00. The molecule has 22 fully saturated rings. The van der Waals surface area contributed by atoms with E-state index in [0.29, 0.717) is 0 Å². The van der Waals surface area contributed by atoms with E-state index in [1.165, 1.54) is 0 Å². The van der Waals surface area contributed by atoms with Gasteiger partial charge in [-0.15, -0.1) is 0 Å². The summed E-state index contributed by atoms with van der Waals surface area (Å²) < 4.78 is 67.7. The number of hydrogen-bond acceptors (Lipinski definition) is 29. The highest BCUT2D eigenvalue weighted by Gasteiger charge is 2.58. The zero-order valence-electron chi connectivity index (χ0n) is 33.5. The third-order valence-corrected chi connectivity index (χ3v) is 12.3. The van der Waals surface area contributed by atoms with Crippen LogP contribution in [0.5, 0.6) is 0 Å². The third kappa shape index (κ3) is 9.70. The van der Waals surface area contributed by atoms with Crippen molar-refractivity contribution in [2.24, 2.45) is 0 Å². The largest absolute Gasteiger partial charge is 0.394 e. The van der Waals surface area contributed by atoms with Crippen LogP contribution in [-0.2, 0) is 56.8 Å². The second-order valence-electron chi connectivity index (χ2n) is 16.4. The van der Waals surface area contributed by atoms with Gasteiger partial charge < -0.3 is 144 Å². The van der Waals surface area contributed by atoms with Crippen LogP contribution in [0, 0.1) is 0 Å². The van der Waals surface area contributed by atoms with E-state index in [1.807, 2.05) is 0 Å². The lowest BCUT2D eigenvalue weighted by molar-refractivity contribution is -0.400. The van der Waals surface area contributed by atoms with E-state index in [2.05, 4.69) is 0 Å². The van der Waals surface area contributed by atoms with E-state index < -0.39 is 218 Å². The van der Waals surface area contributed by atoms with Crippen molar-refractivity contribution >= 4 is 0 Å². The first-order valence-corrected chi connectivity index (χ1v) is 20.5. The molecular weight excluding hydrogens is 884 g/mol. The predicted octanol–water partition coefficient (Wildman–Crippen LogP) is -12.4. The lowest BCUT2D eigenvalue weighted by Gasteiger charge is -2.50. The first-order valence-electron chi connectivity index (χ1n) is 20.5. The monoisotopic (exact) mass is 942 g/mol. The SMILES string of the molecule is OCC1OC2OC3C(CO)OC(OC4C(CO)OC(OC5C(CO)OC(OC6C(CO)OC(OC7COC(OC1C(O)C2O)C(O)C7O)C(O)C6O)C(O)C5O)C(O)C4O)C(O)C3O. The molecule has 22 aliphatic rings. The Morgan fingerprint density at radius 2 is 0.469 bits per heavy atom. The summed E-state index contributed by atoms with van der Waals surface area (Å²) in [5, 5.41) is 184. The molecule has 29 atom stereocenters. The minimum absolute atomic E-state index is 0.638. The Kier molecular flexibility index (Phi) is 16.8. The molecule has 0 amide bonds. The molecule has 22 rings (SSSR count). The van der Waals surface area contributed by atoms with Gasteiger partial charge in [0.2, 0.25) is 0 Å². The Hall–Kier alpha value is -1.16. The van der Waals surface area contributed by atoms with E-state index in [1.54, 1.807) is 0 Å². The summed E-state index contributed by atoms with van der Waals surface area (Å²) in [6.07, 6.45) is -54.9. The Morgan fingerprint density at radius 3 is 0.719 bits per heavy atom. The molecule has 22 heterocycles. The van der Waals surface area contributed by atoms with Crippen molar-refractivity contribution in [1.82, 2.24) is 0 Å². The molecule has 0 spiro atoms. The molecule has 0 aromatic rings. The molecule has 12 bridgehead atoms. The van der Waals surface area contributed by atoms with Gasteiger partial charge in [-0.2, -0.15) is 0 Å². The van der Waals surface area contributed by atoms with Crippen LogP contribution in [0.25, 0.3) is 0 Å². The lowest BCUT2D eigenvalue weighted by Crippen LogP contribution is -2.68. The first-order chi connectivity index (χ1) is 30.5. The number of aliphatic hydroxyl groups is 17. The van der Waals surface area contributed by atoms with Crippen LogP contribution < -0.4 is 0 Å². The molecular formula is C35H58O29. The zero-order chi connectivity index (χ0) is 46.5. The van der Waals surface area contributed by atoms with Gasteiger partial charge in [0.1, 0.15) is 140 Å². The lowest BCUT2D eigenvalue weighted by atomic mass is 9.95. The van der Waals surface area contributed by atoms with Gasteiger partial charge in [-0.1, -0.05) is 0 Å². The van der Waals surface area contributed by atoms with Crippen molar-refractivity contribution in [2.45, 2.75) is 178 Å². The Bertz CT molecular complexity index is 1460. The molecule has 17 N–H and O–H groups in total. The van der Waals surface area contributed by atoms with Crippen LogP contribution in [0.15, 0.2) is 0 Å². The van der Waals surface area contributed by atoms with Gasteiger partial charge in [0.25, 0.3) is 0 Å². The van der Waals surface area contributed by atoms with Crippen molar-refractivity contribution in [3.05, 3.63) is 0 Å². The van der Waals surface area contributed by atoms with Crippen LogP contribution in [0.4, 0.5) is 0 Å². The number of rotatable bonds is 5. The maximum Gasteiger partial charge on any atom is 0.187 e. The zero-order valence-corrected chi connectivity index (χ0v) is 33.5. The molecule has 0 aliphatic carbocycles. The van der Waals surface area contributed by atoms with E-state index in [0.717, 1.165) is 0 Å². The topological polar surface area (TPSA) is 455 Å². The maximum atomic E-state index is 11.2. The van der Waals surface area contributed by atoms with Crippen LogP contribution in [0.2, 0.25) is 0 Å². The van der Waals surface area contributed by atoms with Crippen molar-refractivity contribution in [1.29, 1.82) is 0 Å². The molecule has 22 aliphatic heterocycles. The molecule has 29 heteroatoms. The van der Waals surface area contributed by atoms with Crippen molar-refractivity contribution in [3.63, 3.8) is 0 Å². The summed E-state index contributed by atoms with van der Waals surface area (Å²) in [7, 11) is 0. The number of ether oxygens (including phenoxy) is 12. The summed E-state index contributed by atoms with van der Waals surface area (Å²) >= 11 is 0. The van der Waals surface area contributed by atoms with Gasteiger partial charge in [0.05, 0.1) is 39.6 Å². The first kappa shape index (κ1) is 50.7. The summed E-state index contributed by atoms with van der Waals surface area (Å²) in [5.74, 6) is 0. The van der Waals surface area contributed by atoms with Gasteiger partial charge >= 0.3 is 0 Å². The van der Waals surface area contributed by atoms with E-state index in [4.69, 9.17) is 56.8 Å². The molecule has 372 valence electrons. The number of hydrogen-bond donors (Lipinski definition) is 17. The Morgan fingerprint density at radius 1 is 0.250 bits per heavy atom. The van der Waals surface area contributed by atoms with Crippen LogP contribution >= 0.6 is 0 Å². The van der Waals surface area contributed by atoms with E-state index in [-0.39, 0.29) is 0 Å². The Balaban J connectivity index is 1.17. The van der Waals surface area contributed by atoms with Crippen LogP contribution in [-0.4, -0.2) is 305 Å². The van der Waals surface area contributed by atoms with Crippen molar-refractivity contribution in [3.8, 4) is 0 Å². The molecule has 29 unspecified atom stereocenters.